The Morgan fingerprint density at radius 3 is 2.83 bits per heavy atom. The molecule has 2 atom stereocenters. The highest BCUT2D eigenvalue weighted by molar-refractivity contribution is 7.09. The first-order valence-corrected chi connectivity index (χ1v) is 6.93. The molecular weight excluding hydrogens is 252 g/mol. The zero-order chi connectivity index (χ0) is 13.0. The van der Waals surface area contributed by atoms with Crippen LogP contribution in [0, 0.1) is 11.8 Å². The Morgan fingerprint density at radius 1 is 1.44 bits per heavy atom. The summed E-state index contributed by atoms with van der Waals surface area (Å²) in [5.74, 6) is -1.29. The quantitative estimate of drug-likeness (QED) is 0.843. The number of carboxylic acid groups (broad SMARTS) is 1. The first kappa shape index (κ1) is 13.0. The summed E-state index contributed by atoms with van der Waals surface area (Å²) in [7, 11) is 0. The fourth-order valence-electron chi connectivity index (χ4n) is 2.26. The van der Waals surface area contributed by atoms with E-state index >= 15 is 0 Å². The molecule has 2 N–H and O–H groups in total. The predicted molar refractivity (Wildman–Crippen MR) is 67.3 cm³/mol. The molecule has 0 spiro atoms. The summed E-state index contributed by atoms with van der Waals surface area (Å²) < 4.78 is 0. The van der Waals surface area contributed by atoms with E-state index in [1.807, 2.05) is 5.38 Å². The SMILES string of the molecule is O=C(O)[C@H]1CC[C@@H](C(=O)NCCc2nccs2)C1. The Bertz CT molecular complexity index is 419. The highest BCUT2D eigenvalue weighted by Crippen LogP contribution is 2.31. The number of nitrogens with zero attached hydrogens (tertiary/aromatic N) is 1. The van der Waals surface area contributed by atoms with Crippen LogP contribution in [0.15, 0.2) is 11.6 Å². The van der Waals surface area contributed by atoms with Gasteiger partial charge in [-0.1, -0.05) is 0 Å². The molecule has 5 nitrogen and oxygen atoms in total. The Labute approximate surface area is 109 Å². The average Bonchev–Trinajstić information content (AvgIpc) is 2.99. The van der Waals surface area contributed by atoms with Crippen molar-refractivity contribution in [2.24, 2.45) is 11.8 Å². The maximum absolute atomic E-state index is 11.8. The van der Waals surface area contributed by atoms with E-state index in [0.29, 0.717) is 25.8 Å². The van der Waals surface area contributed by atoms with Crippen LogP contribution in [0.1, 0.15) is 24.3 Å². The number of hydrogen-bond donors (Lipinski definition) is 2. The monoisotopic (exact) mass is 268 g/mol. The van der Waals surface area contributed by atoms with Gasteiger partial charge in [-0.2, -0.15) is 0 Å². The number of nitrogens with one attached hydrogen (secondary N) is 1. The number of carbonyl (C=O) groups is 2. The van der Waals surface area contributed by atoms with Crippen molar-refractivity contribution < 1.29 is 14.7 Å². The molecule has 1 aliphatic carbocycles. The summed E-state index contributed by atoms with van der Waals surface area (Å²) in [6.07, 6.45) is 4.24. The van der Waals surface area contributed by atoms with E-state index in [-0.39, 0.29) is 17.7 Å². The molecule has 1 aliphatic rings. The van der Waals surface area contributed by atoms with E-state index in [1.54, 1.807) is 17.5 Å². The minimum absolute atomic E-state index is 0.0182. The third-order valence-electron chi connectivity index (χ3n) is 3.27. The molecule has 1 fully saturated rings. The number of carboxylic acids is 1. The third-order valence-corrected chi connectivity index (χ3v) is 4.11. The predicted octanol–water partition coefficient (Wildman–Crippen LogP) is 1.30. The van der Waals surface area contributed by atoms with Crippen LogP contribution in [0.3, 0.4) is 0 Å². The van der Waals surface area contributed by atoms with Gasteiger partial charge in [-0.15, -0.1) is 11.3 Å². The zero-order valence-corrected chi connectivity index (χ0v) is 10.8. The molecule has 2 rings (SSSR count). The van der Waals surface area contributed by atoms with E-state index < -0.39 is 5.97 Å². The summed E-state index contributed by atoms with van der Waals surface area (Å²) in [4.78, 5) is 26.8. The maximum atomic E-state index is 11.8. The number of aromatic nitrogens is 1. The molecule has 0 aromatic carbocycles. The van der Waals surface area contributed by atoms with E-state index in [2.05, 4.69) is 10.3 Å². The van der Waals surface area contributed by atoms with Crippen molar-refractivity contribution in [2.75, 3.05) is 6.54 Å². The molecule has 0 radical (unpaired) electrons. The highest BCUT2D eigenvalue weighted by Gasteiger charge is 2.33. The van der Waals surface area contributed by atoms with Crippen molar-refractivity contribution in [1.29, 1.82) is 0 Å². The maximum Gasteiger partial charge on any atom is 0.306 e. The lowest BCUT2D eigenvalue weighted by atomic mass is 10.0. The van der Waals surface area contributed by atoms with Crippen molar-refractivity contribution in [2.45, 2.75) is 25.7 Å². The third kappa shape index (κ3) is 3.29. The van der Waals surface area contributed by atoms with E-state index in [0.717, 1.165) is 11.4 Å². The van der Waals surface area contributed by atoms with Crippen LogP contribution in [-0.4, -0.2) is 28.5 Å². The summed E-state index contributed by atoms with van der Waals surface area (Å²) in [5, 5.41) is 14.6. The van der Waals surface area contributed by atoms with Crippen molar-refractivity contribution in [3.8, 4) is 0 Å². The van der Waals surface area contributed by atoms with Crippen LogP contribution < -0.4 is 5.32 Å². The Balaban J connectivity index is 1.71. The van der Waals surface area contributed by atoms with E-state index in [4.69, 9.17) is 5.11 Å². The van der Waals surface area contributed by atoms with Gasteiger partial charge in [0.1, 0.15) is 0 Å². The minimum Gasteiger partial charge on any atom is -0.481 e. The standard InChI is InChI=1S/C12H16N2O3S/c15-11(8-1-2-9(7-8)12(16)17)14-4-3-10-13-5-6-18-10/h5-6,8-9H,1-4,7H2,(H,14,15)(H,16,17)/t8-,9+/m1/s1. The van der Waals surface area contributed by atoms with E-state index in [1.165, 1.54) is 0 Å². The van der Waals surface area contributed by atoms with Crippen LogP contribution in [0.4, 0.5) is 0 Å². The van der Waals surface area contributed by atoms with Crippen LogP contribution in [0.5, 0.6) is 0 Å². The summed E-state index contributed by atoms with van der Waals surface area (Å²) >= 11 is 1.57. The molecule has 1 saturated carbocycles. The molecule has 0 saturated heterocycles. The van der Waals surface area contributed by atoms with Gasteiger partial charge >= 0.3 is 5.97 Å². The fraction of sp³-hybridized carbons (Fsp3) is 0.583. The number of thiazole rings is 1. The summed E-state index contributed by atoms with van der Waals surface area (Å²) in [6, 6.07) is 0. The second kappa shape index (κ2) is 5.95. The molecule has 98 valence electrons. The average molecular weight is 268 g/mol. The van der Waals surface area contributed by atoms with Crippen LogP contribution >= 0.6 is 11.3 Å². The van der Waals surface area contributed by atoms with Crippen molar-refractivity contribution in [3.63, 3.8) is 0 Å². The molecule has 0 aliphatic heterocycles. The molecule has 1 aromatic rings. The molecule has 1 aromatic heterocycles. The number of carbonyl (C=O) groups excluding carboxylic acids is 1. The van der Waals surface area contributed by atoms with Crippen LogP contribution in [-0.2, 0) is 16.0 Å². The normalized spacial score (nSPS) is 22.9. The van der Waals surface area contributed by atoms with Crippen molar-refractivity contribution in [3.05, 3.63) is 16.6 Å². The molecular formula is C12H16N2O3S. The van der Waals surface area contributed by atoms with Gasteiger partial charge in [-0.25, -0.2) is 4.98 Å². The van der Waals surface area contributed by atoms with Gasteiger partial charge in [0.25, 0.3) is 0 Å². The fourth-order valence-corrected chi connectivity index (χ4v) is 2.88. The van der Waals surface area contributed by atoms with Gasteiger partial charge in [0.2, 0.25) is 5.91 Å². The summed E-state index contributed by atoms with van der Waals surface area (Å²) in [6.45, 7) is 0.570. The number of amides is 1. The zero-order valence-electron chi connectivity index (χ0n) is 9.96. The number of aliphatic carboxylic acids is 1. The lowest BCUT2D eigenvalue weighted by Gasteiger charge is -2.10. The lowest BCUT2D eigenvalue weighted by Crippen LogP contribution is -2.31. The van der Waals surface area contributed by atoms with Gasteiger partial charge in [-0.3, -0.25) is 9.59 Å². The van der Waals surface area contributed by atoms with Crippen molar-refractivity contribution in [1.82, 2.24) is 10.3 Å². The molecule has 1 heterocycles. The minimum atomic E-state index is -0.784. The summed E-state index contributed by atoms with van der Waals surface area (Å²) in [5.41, 5.74) is 0. The van der Waals surface area contributed by atoms with Gasteiger partial charge in [0, 0.05) is 30.5 Å². The Kier molecular flexibility index (Phi) is 4.30. The molecule has 0 unspecified atom stereocenters. The Morgan fingerprint density at radius 2 is 2.22 bits per heavy atom. The van der Waals surface area contributed by atoms with E-state index in [9.17, 15) is 9.59 Å². The van der Waals surface area contributed by atoms with Gasteiger partial charge in [-0.05, 0) is 19.3 Å². The lowest BCUT2D eigenvalue weighted by molar-refractivity contribution is -0.141. The first-order chi connectivity index (χ1) is 8.66. The van der Waals surface area contributed by atoms with Crippen LogP contribution in [0.25, 0.3) is 0 Å². The van der Waals surface area contributed by atoms with Gasteiger partial charge in [0.05, 0.1) is 10.9 Å². The van der Waals surface area contributed by atoms with Crippen LogP contribution in [0.2, 0.25) is 0 Å². The second-order valence-electron chi connectivity index (χ2n) is 4.51. The second-order valence-corrected chi connectivity index (χ2v) is 5.49. The van der Waals surface area contributed by atoms with Gasteiger partial charge in [0.15, 0.2) is 0 Å². The Hall–Kier alpha value is -1.43. The number of rotatable bonds is 5. The van der Waals surface area contributed by atoms with Gasteiger partial charge < -0.3 is 10.4 Å². The number of hydrogen-bond acceptors (Lipinski definition) is 4. The molecule has 18 heavy (non-hydrogen) atoms. The van der Waals surface area contributed by atoms with Crippen molar-refractivity contribution >= 4 is 23.2 Å². The topological polar surface area (TPSA) is 79.3 Å². The molecule has 0 bridgehead atoms. The molecule has 6 heteroatoms. The smallest absolute Gasteiger partial charge is 0.306 e. The largest absolute Gasteiger partial charge is 0.481 e. The first-order valence-electron chi connectivity index (χ1n) is 6.05. The molecule has 1 amide bonds. The highest BCUT2D eigenvalue weighted by atomic mass is 32.1.